The van der Waals surface area contributed by atoms with Gasteiger partial charge >= 0.3 is 0 Å². The van der Waals surface area contributed by atoms with Gasteiger partial charge in [-0.25, -0.2) is 0 Å². The number of nitrogens with one attached hydrogen (secondary N) is 6. The molecule has 21 nitrogen and oxygen atoms in total. The number of carbonyl (C=O) groups is 8. The number of para-hydroxylation sites is 1. The quantitative estimate of drug-likeness (QED) is 0.0223. The maximum absolute atomic E-state index is 14.5. The van der Waals surface area contributed by atoms with Crippen LogP contribution in [0.15, 0.2) is 65.8 Å². The molecule has 1 aromatic heterocycles. The number of nitrogens with zero attached hydrogens (tertiary/aromatic N) is 3. The summed E-state index contributed by atoms with van der Waals surface area (Å²) in [6.07, 6.45) is 5.36. The molecule has 0 aliphatic carbocycles. The first-order valence-corrected chi connectivity index (χ1v) is 22.2. The van der Waals surface area contributed by atoms with Crippen molar-refractivity contribution in [2.75, 3.05) is 45.8 Å². The summed E-state index contributed by atoms with van der Waals surface area (Å²) in [5, 5.41) is 14.0. The van der Waals surface area contributed by atoms with Crippen molar-refractivity contribution in [3.8, 4) is 0 Å². The second kappa shape index (κ2) is 28.7. The Bertz CT molecular complexity index is 2110. The summed E-state index contributed by atoms with van der Waals surface area (Å²) < 4.78 is 0. The number of hydrogen-bond acceptors (Lipinski definition) is 10. The Morgan fingerprint density at radius 3 is 2.00 bits per heavy atom. The Kier molecular flexibility index (Phi) is 23.2. The van der Waals surface area contributed by atoms with Crippen LogP contribution in [0.5, 0.6) is 0 Å². The van der Waals surface area contributed by atoms with Gasteiger partial charge in [0.2, 0.25) is 47.3 Å². The summed E-state index contributed by atoms with van der Waals surface area (Å²) in [7, 11) is 0. The van der Waals surface area contributed by atoms with Crippen molar-refractivity contribution in [1.29, 1.82) is 0 Å². The van der Waals surface area contributed by atoms with Crippen LogP contribution in [0.2, 0.25) is 0 Å². The van der Waals surface area contributed by atoms with Crippen LogP contribution in [0.4, 0.5) is 0 Å². The first kappa shape index (κ1) is 53.3. The van der Waals surface area contributed by atoms with E-state index in [1.54, 1.807) is 30.3 Å². The van der Waals surface area contributed by atoms with Crippen molar-refractivity contribution < 1.29 is 38.4 Å². The topological polar surface area (TPSA) is 335 Å². The van der Waals surface area contributed by atoms with Gasteiger partial charge in [0.1, 0.15) is 18.1 Å². The van der Waals surface area contributed by atoms with E-state index in [1.165, 1.54) is 16.7 Å². The molecular formula is C45H67N13O8. The third-order valence-electron chi connectivity index (χ3n) is 10.4. The Labute approximate surface area is 385 Å². The number of benzene rings is 2. The summed E-state index contributed by atoms with van der Waals surface area (Å²) in [6, 6.07) is 13.3. The van der Waals surface area contributed by atoms with Crippen LogP contribution in [0, 0.1) is 0 Å². The van der Waals surface area contributed by atoms with Crippen LogP contribution in [-0.2, 0) is 51.3 Å². The molecular weight excluding hydrogens is 851 g/mol. The van der Waals surface area contributed by atoms with E-state index >= 15 is 0 Å². The van der Waals surface area contributed by atoms with Crippen molar-refractivity contribution in [3.05, 3.63) is 71.9 Å². The number of aromatic nitrogens is 1. The van der Waals surface area contributed by atoms with Gasteiger partial charge in [0.15, 0.2) is 5.96 Å². The van der Waals surface area contributed by atoms with E-state index in [2.05, 4.69) is 36.6 Å². The number of H-pyrrole nitrogens is 1. The maximum atomic E-state index is 14.5. The molecule has 0 saturated heterocycles. The molecule has 8 amide bonds. The Balaban J connectivity index is 1.90. The van der Waals surface area contributed by atoms with Crippen LogP contribution >= 0.6 is 0 Å². The van der Waals surface area contributed by atoms with Gasteiger partial charge in [-0.1, -0.05) is 68.3 Å². The number of hydrogen-bond donors (Lipinski definition) is 10. The van der Waals surface area contributed by atoms with Crippen LogP contribution < -0.4 is 49.5 Å². The summed E-state index contributed by atoms with van der Waals surface area (Å²) in [5.74, 6) is -5.15. The Morgan fingerprint density at radius 2 is 1.33 bits per heavy atom. The van der Waals surface area contributed by atoms with Gasteiger partial charge in [0, 0.05) is 43.7 Å². The molecule has 3 atom stereocenters. The van der Waals surface area contributed by atoms with Gasteiger partial charge in [0.05, 0.1) is 26.2 Å². The number of primary amides is 1. The fourth-order valence-corrected chi connectivity index (χ4v) is 7.12. The number of carbonyl (C=O) groups excluding carboxylic acids is 8. The summed E-state index contributed by atoms with van der Waals surface area (Å²) in [6.45, 7) is 1.73. The highest BCUT2D eigenvalue weighted by Crippen LogP contribution is 2.19. The van der Waals surface area contributed by atoms with E-state index in [0.717, 1.165) is 22.9 Å². The molecule has 66 heavy (non-hydrogen) atoms. The molecule has 0 spiro atoms. The first-order chi connectivity index (χ1) is 31.6. The number of unbranched alkanes of at least 4 members (excludes halogenated alkanes) is 2. The number of guanidine groups is 1. The Hall–Kier alpha value is -7.03. The van der Waals surface area contributed by atoms with Gasteiger partial charge in [-0.3, -0.25) is 43.3 Å². The van der Waals surface area contributed by atoms with E-state index in [-0.39, 0.29) is 44.9 Å². The predicted molar refractivity (Wildman–Crippen MR) is 249 cm³/mol. The highest BCUT2D eigenvalue weighted by Gasteiger charge is 2.31. The van der Waals surface area contributed by atoms with Gasteiger partial charge in [-0.2, -0.15) is 0 Å². The van der Waals surface area contributed by atoms with Crippen LogP contribution in [0.25, 0.3) is 10.9 Å². The normalized spacial score (nSPS) is 12.2. The van der Waals surface area contributed by atoms with Crippen molar-refractivity contribution in [1.82, 2.24) is 41.4 Å². The minimum Gasteiger partial charge on any atom is -0.370 e. The molecule has 3 aromatic rings. The lowest BCUT2D eigenvalue weighted by Crippen LogP contribution is -2.55. The summed E-state index contributed by atoms with van der Waals surface area (Å²) >= 11 is 0. The highest BCUT2D eigenvalue weighted by molar-refractivity contribution is 5.95. The van der Waals surface area contributed by atoms with Gasteiger partial charge in [-0.05, 0) is 68.7 Å². The molecule has 1 heterocycles. The van der Waals surface area contributed by atoms with Gasteiger partial charge < -0.3 is 64.3 Å². The lowest BCUT2D eigenvalue weighted by atomic mass is 10.1. The highest BCUT2D eigenvalue weighted by atomic mass is 16.2. The number of amides is 8. The van der Waals surface area contributed by atoms with Gasteiger partial charge in [0.25, 0.3) is 0 Å². The second-order valence-corrected chi connectivity index (χ2v) is 15.9. The van der Waals surface area contributed by atoms with E-state index in [9.17, 15) is 38.4 Å². The predicted octanol–water partition coefficient (Wildman–Crippen LogP) is -0.867. The van der Waals surface area contributed by atoms with Crippen LogP contribution in [0.3, 0.4) is 0 Å². The van der Waals surface area contributed by atoms with Crippen molar-refractivity contribution in [2.24, 2.45) is 27.9 Å². The number of aromatic amines is 1. The molecule has 0 saturated carbocycles. The molecule has 0 aliphatic heterocycles. The van der Waals surface area contributed by atoms with Crippen LogP contribution in [-0.4, -0.2) is 132 Å². The monoisotopic (exact) mass is 918 g/mol. The SMILES string of the molecule is CCCC[C@H](NC(C)=O)C(=O)NCC(=O)N[C@@H](CCCCN)C(=O)N(CC(=O)N[C@@H](CCCN=C(N)N)C(=O)N(CCc1c[nH]c2ccccc12)CC(=O)NCC(N)=O)Cc1ccccc1. The van der Waals surface area contributed by atoms with E-state index in [0.29, 0.717) is 44.2 Å². The average molecular weight is 918 g/mol. The fourth-order valence-electron chi connectivity index (χ4n) is 7.12. The molecule has 3 rings (SSSR count). The third-order valence-corrected chi connectivity index (χ3v) is 10.4. The fraction of sp³-hybridized carbons (Fsp3) is 0.489. The standard InChI is InChI=1S/C45H67N13O8/c1-3-4-16-35(54-30(2)59)42(64)53-26-39(61)55-36(18-10-11-21-46)44(66)58(27-31-13-6-5-7-14-31)29-41(63)56-37(19-12-22-50-45(48)49)43(65)57(28-40(62)52-25-38(47)60)23-20-32-24-51-34-17-9-8-15-33(32)34/h5-9,13-15,17,24,35-37,51H,3-4,10-12,16,18-23,25-29,46H2,1-2H3,(H2,47,60)(H,52,62)(H,53,64)(H,54,59)(H,55,61)(H,56,63)(H4,48,49,50)/t35-,36-,37-/m0/s1. The number of aliphatic imine (C=N–C) groups is 1. The van der Waals surface area contributed by atoms with E-state index in [4.69, 9.17) is 22.9 Å². The zero-order valence-corrected chi connectivity index (χ0v) is 37.9. The molecule has 0 radical (unpaired) electrons. The molecule has 14 N–H and O–H groups in total. The smallest absolute Gasteiger partial charge is 0.245 e. The minimum absolute atomic E-state index is 0.0329. The van der Waals surface area contributed by atoms with E-state index < -0.39 is 91.6 Å². The second-order valence-electron chi connectivity index (χ2n) is 15.9. The molecule has 0 unspecified atom stereocenters. The lowest BCUT2D eigenvalue weighted by molar-refractivity contribution is -0.142. The third kappa shape index (κ3) is 19.4. The van der Waals surface area contributed by atoms with Gasteiger partial charge in [-0.15, -0.1) is 0 Å². The minimum atomic E-state index is -1.23. The molecule has 2 aromatic carbocycles. The molecule has 360 valence electrons. The van der Waals surface area contributed by atoms with Crippen molar-refractivity contribution in [2.45, 2.75) is 96.3 Å². The zero-order valence-electron chi connectivity index (χ0n) is 37.9. The van der Waals surface area contributed by atoms with Crippen molar-refractivity contribution >= 4 is 64.1 Å². The molecule has 21 heteroatoms. The first-order valence-electron chi connectivity index (χ1n) is 22.2. The number of rotatable bonds is 30. The molecule has 0 bridgehead atoms. The number of fused-ring (bicyclic) bond motifs is 1. The van der Waals surface area contributed by atoms with Crippen LogP contribution in [0.1, 0.15) is 76.3 Å². The summed E-state index contributed by atoms with van der Waals surface area (Å²) in [4.78, 5) is 115. The maximum Gasteiger partial charge on any atom is 0.245 e. The zero-order chi connectivity index (χ0) is 48.4. The summed E-state index contributed by atoms with van der Waals surface area (Å²) in [5.41, 5.74) is 24.5. The molecule has 0 fully saturated rings. The average Bonchev–Trinajstić information content (AvgIpc) is 3.70. The molecule has 0 aliphatic rings. The number of nitrogens with two attached hydrogens (primary N) is 4. The largest absolute Gasteiger partial charge is 0.370 e. The van der Waals surface area contributed by atoms with Crippen molar-refractivity contribution in [3.63, 3.8) is 0 Å². The Morgan fingerprint density at radius 1 is 0.697 bits per heavy atom. The lowest BCUT2D eigenvalue weighted by Gasteiger charge is -2.30. The van der Waals surface area contributed by atoms with E-state index in [1.807, 2.05) is 37.4 Å².